The summed E-state index contributed by atoms with van der Waals surface area (Å²) in [6.45, 7) is 5.71. The van der Waals surface area contributed by atoms with E-state index in [-0.39, 0.29) is 5.91 Å². The van der Waals surface area contributed by atoms with E-state index >= 15 is 0 Å². The number of fused-ring (bicyclic) bond motifs is 1. The van der Waals surface area contributed by atoms with Crippen LogP contribution < -0.4 is 4.90 Å². The summed E-state index contributed by atoms with van der Waals surface area (Å²) >= 11 is 0. The molecule has 4 rings (SSSR count). The van der Waals surface area contributed by atoms with Crippen LogP contribution in [0.3, 0.4) is 0 Å². The van der Waals surface area contributed by atoms with Gasteiger partial charge in [-0.1, -0.05) is 18.2 Å². The Bertz CT molecular complexity index is 764. The van der Waals surface area contributed by atoms with Crippen LogP contribution >= 0.6 is 0 Å². The Hall–Kier alpha value is -2.29. The molecule has 0 radical (unpaired) electrons. The monoisotopic (exact) mass is 306 g/mol. The molecule has 3 nitrogen and oxygen atoms in total. The lowest BCUT2D eigenvalue weighted by molar-refractivity contribution is 0.0787. The second kappa shape index (κ2) is 5.41. The van der Waals surface area contributed by atoms with E-state index in [4.69, 9.17) is 0 Å². The van der Waals surface area contributed by atoms with Crippen molar-refractivity contribution in [2.75, 3.05) is 11.4 Å². The van der Waals surface area contributed by atoms with Crippen molar-refractivity contribution in [1.82, 2.24) is 4.90 Å². The number of benzene rings is 2. The maximum atomic E-state index is 12.3. The van der Waals surface area contributed by atoms with Crippen LogP contribution in [-0.4, -0.2) is 23.4 Å². The Morgan fingerprint density at radius 1 is 1.17 bits per heavy atom. The van der Waals surface area contributed by atoms with E-state index in [0.29, 0.717) is 6.04 Å². The molecule has 2 aromatic carbocycles. The number of carbonyl (C=O) groups is 1. The number of nitrogens with zero attached hydrogens (tertiary/aromatic N) is 2. The molecule has 1 aliphatic heterocycles. The van der Waals surface area contributed by atoms with Gasteiger partial charge in [-0.05, 0) is 62.1 Å². The van der Waals surface area contributed by atoms with Gasteiger partial charge in [0, 0.05) is 36.1 Å². The van der Waals surface area contributed by atoms with Gasteiger partial charge in [0.2, 0.25) is 0 Å². The van der Waals surface area contributed by atoms with Gasteiger partial charge in [0.1, 0.15) is 0 Å². The van der Waals surface area contributed by atoms with Gasteiger partial charge in [-0.3, -0.25) is 4.79 Å². The van der Waals surface area contributed by atoms with Crippen molar-refractivity contribution in [2.45, 2.75) is 39.3 Å². The Kier molecular flexibility index (Phi) is 3.37. The summed E-state index contributed by atoms with van der Waals surface area (Å²) in [7, 11) is 0. The van der Waals surface area contributed by atoms with Gasteiger partial charge in [0.15, 0.2) is 0 Å². The van der Waals surface area contributed by atoms with Crippen molar-refractivity contribution < 1.29 is 4.79 Å². The van der Waals surface area contributed by atoms with Crippen LogP contribution in [-0.2, 0) is 6.54 Å². The van der Waals surface area contributed by atoms with Crippen LogP contribution in [0.25, 0.3) is 0 Å². The SMILES string of the molecule is CCN1Cc2cc(N(c3ccccc3C)C3CC3)ccc2C1=O. The topological polar surface area (TPSA) is 23.6 Å². The largest absolute Gasteiger partial charge is 0.338 e. The molecule has 2 aromatic rings. The molecule has 0 saturated heterocycles. The van der Waals surface area contributed by atoms with Gasteiger partial charge in [0.25, 0.3) is 5.91 Å². The van der Waals surface area contributed by atoms with Gasteiger partial charge in [0.05, 0.1) is 0 Å². The molecule has 1 saturated carbocycles. The lowest BCUT2D eigenvalue weighted by Crippen LogP contribution is -2.22. The molecule has 3 heteroatoms. The first-order valence-electron chi connectivity index (χ1n) is 8.46. The van der Waals surface area contributed by atoms with Crippen molar-refractivity contribution in [3.05, 3.63) is 59.2 Å². The quantitative estimate of drug-likeness (QED) is 0.842. The average molecular weight is 306 g/mol. The highest BCUT2D eigenvalue weighted by Crippen LogP contribution is 2.40. The predicted octanol–water partition coefficient (Wildman–Crippen LogP) is 4.27. The van der Waals surface area contributed by atoms with E-state index in [1.807, 2.05) is 17.9 Å². The summed E-state index contributed by atoms with van der Waals surface area (Å²) in [6.07, 6.45) is 2.48. The molecule has 0 atom stereocenters. The number of para-hydroxylation sites is 1. The summed E-state index contributed by atoms with van der Waals surface area (Å²) in [5.41, 5.74) is 5.83. The summed E-state index contributed by atoms with van der Waals surface area (Å²) < 4.78 is 0. The fourth-order valence-corrected chi connectivity index (χ4v) is 3.49. The number of hydrogen-bond donors (Lipinski definition) is 0. The Balaban J connectivity index is 1.75. The first-order chi connectivity index (χ1) is 11.2. The number of carbonyl (C=O) groups excluding carboxylic acids is 1. The Morgan fingerprint density at radius 3 is 2.65 bits per heavy atom. The maximum absolute atomic E-state index is 12.3. The standard InChI is InChI=1S/C20H22N2O/c1-3-21-13-15-12-17(10-11-18(15)20(21)23)22(16-8-9-16)19-7-5-4-6-14(19)2/h4-7,10-12,16H,3,8-9,13H2,1-2H3. The van der Waals surface area contributed by atoms with Gasteiger partial charge in [-0.2, -0.15) is 0 Å². The zero-order valence-electron chi connectivity index (χ0n) is 13.7. The molecule has 1 amide bonds. The molecule has 0 aromatic heterocycles. The predicted molar refractivity (Wildman–Crippen MR) is 93.2 cm³/mol. The summed E-state index contributed by atoms with van der Waals surface area (Å²) in [6, 6.07) is 15.5. The average Bonchev–Trinajstić information content (AvgIpc) is 3.34. The van der Waals surface area contributed by atoms with E-state index in [1.165, 1.54) is 29.8 Å². The molecule has 1 fully saturated rings. The van der Waals surface area contributed by atoms with Crippen molar-refractivity contribution in [1.29, 1.82) is 0 Å². The molecular formula is C20H22N2O. The number of aryl methyl sites for hydroxylation is 1. The van der Waals surface area contributed by atoms with Crippen LogP contribution in [0.5, 0.6) is 0 Å². The molecule has 0 unspecified atom stereocenters. The van der Waals surface area contributed by atoms with E-state index < -0.39 is 0 Å². The van der Waals surface area contributed by atoms with Crippen molar-refractivity contribution in [3.63, 3.8) is 0 Å². The van der Waals surface area contributed by atoms with Gasteiger partial charge >= 0.3 is 0 Å². The third kappa shape index (κ3) is 2.40. The fourth-order valence-electron chi connectivity index (χ4n) is 3.49. The van der Waals surface area contributed by atoms with Crippen molar-refractivity contribution in [3.8, 4) is 0 Å². The number of anilines is 2. The van der Waals surface area contributed by atoms with Crippen LogP contribution in [0.1, 0.15) is 41.3 Å². The molecule has 1 aliphatic carbocycles. The van der Waals surface area contributed by atoms with Gasteiger partial charge in [-0.15, -0.1) is 0 Å². The minimum Gasteiger partial charge on any atom is -0.338 e. The number of hydrogen-bond acceptors (Lipinski definition) is 2. The third-order valence-electron chi connectivity index (χ3n) is 4.91. The van der Waals surface area contributed by atoms with E-state index in [2.05, 4.69) is 48.2 Å². The Morgan fingerprint density at radius 2 is 1.96 bits per heavy atom. The van der Waals surface area contributed by atoms with Gasteiger partial charge < -0.3 is 9.80 Å². The van der Waals surface area contributed by atoms with Gasteiger partial charge in [-0.25, -0.2) is 0 Å². The number of amides is 1. The molecule has 23 heavy (non-hydrogen) atoms. The first kappa shape index (κ1) is 14.3. The molecule has 1 heterocycles. The Labute approximate surface area is 137 Å². The zero-order chi connectivity index (χ0) is 16.0. The molecule has 118 valence electrons. The normalized spacial score (nSPS) is 16.6. The third-order valence-corrected chi connectivity index (χ3v) is 4.91. The highest BCUT2D eigenvalue weighted by Gasteiger charge is 2.33. The summed E-state index contributed by atoms with van der Waals surface area (Å²) in [5.74, 6) is 0.169. The van der Waals surface area contributed by atoms with Crippen LogP contribution in [0.4, 0.5) is 11.4 Å². The van der Waals surface area contributed by atoms with Crippen LogP contribution in [0.15, 0.2) is 42.5 Å². The molecule has 0 spiro atoms. The zero-order valence-corrected chi connectivity index (χ0v) is 13.7. The number of rotatable bonds is 4. The summed E-state index contributed by atoms with van der Waals surface area (Å²) in [5, 5.41) is 0. The molecular weight excluding hydrogens is 284 g/mol. The van der Waals surface area contributed by atoms with Crippen molar-refractivity contribution in [2.24, 2.45) is 0 Å². The second-order valence-electron chi connectivity index (χ2n) is 6.55. The van der Waals surface area contributed by atoms with E-state index in [0.717, 1.165) is 24.2 Å². The fraction of sp³-hybridized carbons (Fsp3) is 0.350. The second-order valence-corrected chi connectivity index (χ2v) is 6.55. The summed E-state index contributed by atoms with van der Waals surface area (Å²) in [4.78, 5) is 16.7. The smallest absolute Gasteiger partial charge is 0.254 e. The lowest BCUT2D eigenvalue weighted by Gasteiger charge is -2.27. The van der Waals surface area contributed by atoms with E-state index in [1.54, 1.807) is 0 Å². The minimum atomic E-state index is 0.169. The molecule has 0 bridgehead atoms. The maximum Gasteiger partial charge on any atom is 0.254 e. The first-order valence-corrected chi connectivity index (χ1v) is 8.46. The molecule has 2 aliphatic rings. The van der Waals surface area contributed by atoms with Crippen LogP contribution in [0.2, 0.25) is 0 Å². The van der Waals surface area contributed by atoms with Crippen molar-refractivity contribution >= 4 is 17.3 Å². The minimum absolute atomic E-state index is 0.169. The highest BCUT2D eigenvalue weighted by atomic mass is 16.2. The highest BCUT2D eigenvalue weighted by molar-refractivity contribution is 5.99. The molecule has 0 N–H and O–H groups in total. The lowest BCUT2D eigenvalue weighted by atomic mass is 10.1. The van der Waals surface area contributed by atoms with Crippen LogP contribution in [0, 0.1) is 6.92 Å². The van der Waals surface area contributed by atoms with E-state index in [9.17, 15) is 4.79 Å².